The van der Waals surface area contributed by atoms with Crippen LogP contribution in [0.4, 0.5) is 4.79 Å². The van der Waals surface area contributed by atoms with Crippen LogP contribution in [-0.2, 0) is 0 Å². The van der Waals surface area contributed by atoms with Crippen molar-refractivity contribution in [1.82, 2.24) is 10.2 Å². The van der Waals surface area contributed by atoms with Gasteiger partial charge >= 0.3 is 6.09 Å². The third-order valence-corrected chi connectivity index (χ3v) is 3.83. The SMILES string of the molecule is CCCC[C@@]1(NC(=O)O)CCN(C2CC2)C1. The molecule has 1 aliphatic heterocycles. The highest BCUT2D eigenvalue weighted by molar-refractivity contribution is 5.65. The number of hydrogen-bond donors (Lipinski definition) is 2. The molecule has 1 saturated heterocycles. The molecular formula is C12H22N2O2. The molecule has 2 N–H and O–H groups in total. The Bertz CT molecular complexity index is 266. The van der Waals surface area contributed by atoms with Crippen LogP contribution in [0.1, 0.15) is 45.4 Å². The van der Waals surface area contributed by atoms with E-state index in [2.05, 4.69) is 17.1 Å². The minimum atomic E-state index is -0.867. The van der Waals surface area contributed by atoms with Crippen LogP contribution in [0.3, 0.4) is 0 Å². The minimum Gasteiger partial charge on any atom is -0.465 e. The maximum absolute atomic E-state index is 10.9. The van der Waals surface area contributed by atoms with Gasteiger partial charge in [0.05, 0.1) is 5.54 Å². The molecule has 0 unspecified atom stereocenters. The summed E-state index contributed by atoms with van der Waals surface area (Å²) in [6.45, 7) is 4.14. The van der Waals surface area contributed by atoms with E-state index in [0.29, 0.717) is 0 Å². The van der Waals surface area contributed by atoms with Crippen LogP contribution in [0, 0.1) is 0 Å². The summed E-state index contributed by atoms with van der Waals surface area (Å²) < 4.78 is 0. The van der Waals surface area contributed by atoms with E-state index in [-0.39, 0.29) is 5.54 Å². The molecule has 0 aromatic heterocycles. The molecule has 0 radical (unpaired) electrons. The van der Waals surface area contributed by atoms with Crippen LogP contribution in [-0.4, -0.2) is 40.8 Å². The van der Waals surface area contributed by atoms with Gasteiger partial charge in [-0.3, -0.25) is 4.90 Å². The van der Waals surface area contributed by atoms with Crippen LogP contribution in [0.2, 0.25) is 0 Å². The zero-order valence-corrected chi connectivity index (χ0v) is 10.0. The Hall–Kier alpha value is -0.770. The van der Waals surface area contributed by atoms with Crippen molar-refractivity contribution in [3.05, 3.63) is 0 Å². The standard InChI is InChI=1S/C12H22N2O2/c1-2-3-6-12(13-11(15)16)7-8-14(9-12)10-4-5-10/h10,13H,2-9H2,1H3,(H,15,16)/t12-/m1/s1. The Labute approximate surface area is 97.0 Å². The van der Waals surface area contributed by atoms with Crippen molar-refractivity contribution in [3.63, 3.8) is 0 Å². The number of nitrogens with one attached hydrogen (secondary N) is 1. The summed E-state index contributed by atoms with van der Waals surface area (Å²) in [7, 11) is 0. The largest absolute Gasteiger partial charge is 0.465 e. The fourth-order valence-electron chi connectivity index (χ4n) is 2.77. The molecule has 0 aromatic carbocycles. The summed E-state index contributed by atoms with van der Waals surface area (Å²) in [6.07, 6.45) is 5.95. The first-order chi connectivity index (χ1) is 7.65. The fourth-order valence-corrected chi connectivity index (χ4v) is 2.77. The molecular weight excluding hydrogens is 204 g/mol. The van der Waals surface area contributed by atoms with E-state index in [0.717, 1.165) is 44.8 Å². The zero-order chi connectivity index (χ0) is 11.6. The number of likely N-dealkylation sites (tertiary alicyclic amines) is 1. The van der Waals surface area contributed by atoms with Gasteiger partial charge in [0.2, 0.25) is 0 Å². The Balaban J connectivity index is 1.94. The van der Waals surface area contributed by atoms with Gasteiger partial charge in [0.1, 0.15) is 0 Å². The molecule has 2 aliphatic rings. The van der Waals surface area contributed by atoms with Crippen LogP contribution >= 0.6 is 0 Å². The third-order valence-electron chi connectivity index (χ3n) is 3.83. The summed E-state index contributed by atoms with van der Waals surface area (Å²) in [5.41, 5.74) is -0.162. The average molecular weight is 226 g/mol. The Morgan fingerprint density at radius 2 is 2.31 bits per heavy atom. The highest BCUT2D eigenvalue weighted by Crippen LogP contribution is 2.35. The number of nitrogens with zero attached hydrogens (tertiary/aromatic N) is 1. The number of carboxylic acid groups (broad SMARTS) is 1. The summed E-state index contributed by atoms with van der Waals surface area (Å²) in [5, 5.41) is 11.7. The molecule has 1 heterocycles. The average Bonchev–Trinajstić information content (AvgIpc) is 2.99. The van der Waals surface area contributed by atoms with Crippen molar-refractivity contribution >= 4 is 6.09 Å². The van der Waals surface area contributed by atoms with E-state index in [4.69, 9.17) is 5.11 Å². The molecule has 1 amide bonds. The second kappa shape index (κ2) is 4.62. The quantitative estimate of drug-likeness (QED) is 0.754. The Morgan fingerprint density at radius 1 is 1.56 bits per heavy atom. The predicted molar refractivity (Wildman–Crippen MR) is 62.6 cm³/mol. The monoisotopic (exact) mass is 226 g/mol. The first kappa shape index (κ1) is 11.7. The van der Waals surface area contributed by atoms with Gasteiger partial charge < -0.3 is 10.4 Å². The molecule has 1 aliphatic carbocycles. The molecule has 0 bridgehead atoms. The summed E-state index contributed by atoms with van der Waals surface area (Å²) >= 11 is 0. The Morgan fingerprint density at radius 3 is 2.88 bits per heavy atom. The van der Waals surface area contributed by atoms with Gasteiger partial charge in [-0.2, -0.15) is 0 Å². The van der Waals surface area contributed by atoms with Gasteiger partial charge in [-0.1, -0.05) is 19.8 Å². The zero-order valence-electron chi connectivity index (χ0n) is 10.0. The van der Waals surface area contributed by atoms with Crippen molar-refractivity contribution in [1.29, 1.82) is 0 Å². The molecule has 2 fully saturated rings. The molecule has 1 saturated carbocycles. The number of carbonyl (C=O) groups is 1. The first-order valence-electron chi connectivity index (χ1n) is 6.40. The second-order valence-electron chi connectivity index (χ2n) is 5.27. The summed E-state index contributed by atoms with van der Waals surface area (Å²) in [4.78, 5) is 13.4. The van der Waals surface area contributed by atoms with E-state index in [9.17, 15) is 4.79 Å². The van der Waals surface area contributed by atoms with Gasteiger partial charge in [0, 0.05) is 19.1 Å². The molecule has 1 atom stereocenters. The second-order valence-corrected chi connectivity index (χ2v) is 5.27. The van der Waals surface area contributed by atoms with Gasteiger partial charge in [0.25, 0.3) is 0 Å². The van der Waals surface area contributed by atoms with Crippen LogP contribution in [0.25, 0.3) is 0 Å². The van der Waals surface area contributed by atoms with E-state index in [1.54, 1.807) is 0 Å². The highest BCUT2D eigenvalue weighted by atomic mass is 16.4. The number of unbranched alkanes of at least 4 members (excludes halogenated alkanes) is 1. The summed E-state index contributed by atoms with van der Waals surface area (Å²) in [5.74, 6) is 0. The fraction of sp³-hybridized carbons (Fsp3) is 0.917. The van der Waals surface area contributed by atoms with Gasteiger partial charge in [0.15, 0.2) is 0 Å². The molecule has 2 rings (SSSR count). The topological polar surface area (TPSA) is 52.6 Å². The smallest absolute Gasteiger partial charge is 0.405 e. The minimum absolute atomic E-state index is 0.162. The van der Waals surface area contributed by atoms with Gasteiger partial charge in [-0.05, 0) is 25.7 Å². The molecule has 0 aromatic rings. The summed E-state index contributed by atoms with van der Waals surface area (Å²) in [6, 6.07) is 0.749. The lowest BCUT2D eigenvalue weighted by atomic mass is 9.92. The number of amides is 1. The lowest BCUT2D eigenvalue weighted by molar-refractivity contribution is 0.172. The normalized spacial score (nSPS) is 30.6. The molecule has 0 spiro atoms. The molecule has 92 valence electrons. The van der Waals surface area contributed by atoms with E-state index in [1.807, 2.05) is 0 Å². The molecule has 16 heavy (non-hydrogen) atoms. The van der Waals surface area contributed by atoms with Crippen molar-refractivity contribution in [3.8, 4) is 0 Å². The third kappa shape index (κ3) is 2.67. The van der Waals surface area contributed by atoms with Crippen molar-refractivity contribution in [2.75, 3.05) is 13.1 Å². The maximum Gasteiger partial charge on any atom is 0.405 e. The Kier molecular flexibility index (Phi) is 3.38. The lowest BCUT2D eigenvalue weighted by Crippen LogP contribution is -2.50. The molecule has 4 heteroatoms. The predicted octanol–water partition coefficient (Wildman–Crippen LogP) is 2.05. The highest BCUT2D eigenvalue weighted by Gasteiger charge is 2.43. The van der Waals surface area contributed by atoms with E-state index in [1.165, 1.54) is 12.8 Å². The van der Waals surface area contributed by atoms with Crippen LogP contribution in [0.5, 0.6) is 0 Å². The number of hydrogen-bond acceptors (Lipinski definition) is 2. The molecule has 4 nitrogen and oxygen atoms in total. The first-order valence-corrected chi connectivity index (χ1v) is 6.40. The lowest BCUT2D eigenvalue weighted by Gasteiger charge is -2.29. The van der Waals surface area contributed by atoms with Gasteiger partial charge in [-0.25, -0.2) is 4.79 Å². The van der Waals surface area contributed by atoms with Gasteiger partial charge in [-0.15, -0.1) is 0 Å². The number of rotatable bonds is 5. The van der Waals surface area contributed by atoms with E-state index < -0.39 is 6.09 Å². The van der Waals surface area contributed by atoms with Crippen molar-refractivity contribution in [2.45, 2.75) is 57.0 Å². The maximum atomic E-state index is 10.9. The van der Waals surface area contributed by atoms with Crippen molar-refractivity contribution in [2.24, 2.45) is 0 Å². The van der Waals surface area contributed by atoms with Crippen LogP contribution in [0.15, 0.2) is 0 Å². The van der Waals surface area contributed by atoms with E-state index >= 15 is 0 Å². The van der Waals surface area contributed by atoms with Crippen molar-refractivity contribution < 1.29 is 9.90 Å². The van der Waals surface area contributed by atoms with Crippen LogP contribution < -0.4 is 5.32 Å².